The zero-order valence-electron chi connectivity index (χ0n) is 34.8. The molecule has 11 nitrogen and oxygen atoms in total. The van der Waals surface area contributed by atoms with Crippen LogP contribution in [0, 0.1) is 23.5 Å². The Morgan fingerprint density at radius 2 is 1.72 bits per heavy atom. The fourth-order valence-electron chi connectivity index (χ4n) is 8.98. The van der Waals surface area contributed by atoms with Crippen LogP contribution in [-0.4, -0.2) is 71.7 Å². The van der Waals surface area contributed by atoms with E-state index in [1.807, 2.05) is 65.7 Å². The number of nitrogens with two attached hydrogens (primary N) is 1. The lowest BCUT2D eigenvalue weighted by molar-refractivity contribution is -0.133. The van der Waals surface area contributed by atoms with E-state index >= 15 is 0 Å². The maximum atomic E-state index is 14.8. The Balaban J connectivity index is 0.000000193. The molecule has 1 aromatic heterocycles. The molecule has 4 heterocycles. The number of anilines is 3. The third-order valence-corrected chi connectivity index (χ3v) is 12.2. The third-order valence-electron chi connectivity index (χ3n) is 12.2. The zero-order chi connectivity index (χ0) is 42.4. The van der Waals surface area contributed by atoms with Crippen LogP contribution in [0.15, 0.2) is 85.4 Å². The lowest BCUT2D eigenvalue weighted by atomic mass is 9.86. The molecule has 0 spiro atoms. The molecule has 3 atom stereocenters. The summed E-state index contributed by atoms with van der Waals surface area (Å²) in [5.74, 6) is 0.312. The predicted octanol–water partition coefficient (Wildman–Crippen LogP) is 8.23. The summed E-state index contributed by atoms with van der Waals surface area (Å²) in [5.41, 5.74) is 8.50. The van der Waals surface area contributed by atoms with Crippen LogP contribution >= 0.6 is 0 Å². The van der Waals surface area contributed by atoms with Crippen molar-refractivity contribution in [3.63, 3.8) is 0 Å². The van der Waals surface area contributed by atoms with Crippen molar-refractivity contribution in [1.29, 1.82) is 0 Å². The summed E-state index contributed by atoms with van der Waals surface area (Å²) in [4.78, 5) is 47.3. The molecule has 13 heteroatoms. The number of carbonyl (C=O) groups is 3. The van der Waals surface area contributed by atoms with Crippen LogP contribution in [0.4, 0.5) is 26.1 Å². The second-order valence-electron chi connectivity index (χ2n) is 16.4. The second kappa shape index (κ2) is 21.8. The number of aromatic nitrogens is 2. The Morgan fingerprint density at radius 3 is 2.45 bits per heavy atom. The van der Waals surface area contributed by atoms with E-state index in [4.69, 9.17) is 0 Å². The molecule has 60 heavy (non-hydrogen) atoms. The van der Waals surface area contributed by atoms with Gasteiger partial charge in [0.05, 0.1) is 6.20 Å². The van der Waals surface area contributed by atoms with E-state index in [2.05, 4.69) is 43.1 Å². The van der Waals surface area contributed by atoms with Crippen molar-refractivity contribution < 1.29 is 23.2 Å². The standard InChI is InChI=1S/C23H23FN4O.C23H32FN3O2.CH5N/c1-16-6-2-3-11-28(16)20-10-5-8-18(13-20)22-21(24)14-25-23(27-22)26-19-9-4-7-17(12-19)15-29;24-20-14-18(25-21-8-9-22(28)26-23(21)29)6-7-19(20)17-10-12-27(13-11-17)15-16-4-2-1-3-5-16;1-2/h2-3,5-6,8,10-11,13-15,17,19H,1,4,7,9,12H2,(H,25,26,27);6-7,14,16-17,21,25H,1-5,8-13,15H2,(H,26,28,29);2H2,1H3. The number of hydrogen-bond acceptors (Lipinski definition) is 10. The van der Waals surface area contributed by atoms with Gasteiger partial charge in [-0.25, -0.2) is 18.7 Å². The van der Waals surface area contributed by atoms with E-state index in [1.165, 1.54) is 58.0 Å². The maximum Gasteiger partial charge on any atom is 0.249 e. The first-order valence-electron chi connectivity index (χ1n) is 21.6. The van der Waals surface area contributed by atoms with Gasteiger partial charge in [-0.15, -0.1) is 0 Å². The minimum absolute atomic E-state index is 0.0672. The molecular formula is C47H60F2N8O3. The Morgan fingerprint density at radius 1 is 0.917 bits per heavy atom. The number of hydrogen-bond donors (Lipinski definition) is 4. The number of nitrogens with zero attached hydrogens (tertiary/aromatic N) is 4. The van der Waals surface area contributed by atoms with Crippen molar-refractivity contribution in [3.8, 4) is 11.3 Å². The van der Waals surface area contributed by atoms with Crippen LogP contribution in [0.3, 0.4) is 0 Å². The average molecular weight is 823 g/mol. The molecule has 5 aliphatic rings. The van der Waals surface area contributed by atoms with Crippen LogP contribution in [-0.2, 0) is 14.4 Å². The number of carbonyl (C=O) groups excluding carboxylic acids is 3. The SMILES string of the molecule is C=C1C=CC=CN1c1cccc(-c2nc(NC3CCCC(C=O)C3)ncc2F)c1.CN.O=C1CCC(Nc2ccc(C3CCN(CC4CCCCC4)CC3)c(F)c2)C(=O)N1. The van der Waals surface area contributed by atoms with Gasteiger partial charge in [-0.1, -0.05) is 56.5 Å². The number of allylic oxidation sites excluding steroid dienone is 3. The van der Waals surface area contributed by atoms with Crippen molar-refractivity contribution in [2.24, 2.45) is 17.6 Å². The molecule has 3 aliphatic heterocycles. The van der Waals surface area contributed by atoms with Crippen molar-refractivity contribution >= 4 is 35.4 Å². The Kier molecular flexibility index (Phi) is 16.1. The van der Waals surface area contributed by atoms with Gasteiger partial charge in [0.1, 0.15) is 23.8 Å². The van der Waals surface area contributed by atoms with E-state index in [9.17, 15) is 23.2 Å². The van der Waals surface area contributed by atoms with Crippen molar-refractivity contribution in [2.45, 2.75) is 101 Å². The third kappa shape index (κ3) is 11.9. The summed E-state index contributed by atoms with van der Waals surface area (Å²) >= 11 is 0. The van der Waals surface area contributed by atoms with Gasteiger partial charge in [0.25, 0.3) is 0 Å². The Bertz CT molecular complexity index is 2010. The topological polar surface area (TPSA) is 146 Å². The van der Waals surface area contributed by atoms with Gasteiger partial charge < -0.3 is 31.0 Å². The zero-order valence-corrected chi connectivity index (χ0v) is 34.8. The molecule has 2 aliphatic carbocycles. The minimum atomic E-state index is -0.485. The molecule has 2 saturated carbocycles. The van der Waals surface area contributed by atoms with Gasteiger partial charge in [0, 0.05) is 53.8 Å². The highest BCUT2D eigenvalue weighted by molar-refractivity contribution is 6.01. The molecule has 0 radical (unpaired) electrons. The van der Waals surface area contributed by atoms with E-state index in [1.54, 1.807) is 0 Å². The smallest absolute Gasteiger partial charge is 0.249 e. The van der Waals surface area contributed by atoms with E-state index in [0.29, 0.717) is 30.0 Å². The number of aldehydes is 1. The lowest BCUT2D eigenvalue weighted by Crippen LogP contribution is -2.47. The quantitative estimate of drug-likeness (QED) is 0.117. The van der Waals surface area contributed by atoms with Gasteiger partial charge >= 0.3 is 0 Å². The minimum Gasteiger partial charge on any atom is -0.374 e. The van der Waals surface area contributed by atoms with Crippen molar-refractivity contribution in [2.75, 3.05) is 42.2 Å². The van der Waals surface area contributed by atoms with Gasteiger partial charge in [0.15, 0.2) is 5.82 Å². The summed E-state index contributed by atoms with van der Waals surface area (Å²) in [6, 6.07) is 12.4. The summed E-state index contributed by atoms with van der Waals surface area (Å²) in [6.45, 7) is 7.35. The first-order valence-corrected chi connectivity index (χ1v) is 21.6. The molecule has 2 amide bonds. The summed E-state index contributed by atoms with van der Waals surface area (Å²) in [7, 11) is 1.50. The fourth-order valence-corrected chi connectivity index (χ4v) is 8.98. The van der Waals surface area contributed by atoms with Crippen LogP contribution in [0.1, 0.15) is 95.0 Å². The molecule has 0 bridgehead atoms. The monoisotopic (exact) mass is 822 g/mol. The highest BCUT2D eigenvalue weighted by Crippen LogP contribution is 2.34. The van der Waals surface area contributed by atoms with Gasteiger partial charge in [-0.05, 0) is 125 Å². The Hall–Kier alpha value is -5.27. The number of piperidine rings is 2. The van der Waals surface area contributed by atoms with Crippen molar-refractivity contribution in [3.05, 3.63) is 103 Å². The summed E-state index contributed by atoms with van der Waals surface area (Å²) in [5, 5.41) is 8.66. The first-order chi connectivity index (χ1) is 29.2. The van der Waals surface area contributed by atoms with E-state index in [-0.39, 0.29) is 41.2 Å². The van der Waals surface area contributed by atoms with E-state index in [0.717, 1.165) is 80.8 Å². The number of rotatable bonds is 10. The molecule has 4 fully saturated rings. The molecule has 8 rings (SSSR count). The van der Waals surface area contributed by atoms with Gasteiger partial charge in [-0.3, -0.25) is 14.9 Å². The normalized spacial score (nSPS) is 22.5. The highest BCUT2D eigenvalue weighted by atomic mass is 19.1. The number of amides is 2. The molecule has 3 unspecified atom stereocenters. The molecule has 2 aromatic carbocycles. The molecule has 5 N–H and O–H groups in total. The molecule has 3 aromatic rings. The molecular weight excluding hydrogens is 763 g/mol. The number of imide groups is 1. The number of likely N-dealkylation sites (tertiary alicyclic amines) is 1. The van der Waals surface area contributed by atoms with Crippen LogP contribution in [0.25, 0.3) is 11.3 Å². The van der Waals surface area contributed by atoms with Crippen LogP contribution in [0.2, 0.25) is 0 Å². The second-order valence-corrected chi connectivity index (χ2v) is 16.4. The van der Waals surface area contributed by atoms with Gasteiger partial charge in [0.2, 0.25) is 17.8 Å². The summed E-state index contributed by atoms with van der Waals surface area (Å²) < 4.78 is 29.4. The average Bonchev–Trinajstić information content (AvgIpc) is 3.27. The van der Waals surface area contributed by atoms with Crippen LogP contribution in [0.5, 0.6) is 0 Å². The molecule has 2 saturated heterocycles. The summed E-state index contributed by atoms with van der Waals surface area (Å²) in [6.07, 6.45) is 23.2. The van der Waals surface area contributed by atoms with E-state index < -0.39 is 11.9 Å². The van der Waals surface area contributed by atoms with Gasteiger partial charge in [-0.2, -0.15) is 0 Å². The lowest BCUT2D eigenvalue weighted by Gasteiger charge is -2.35. The largest absolute Gasteiger partial charge is 0.374 e. The first kappa shape index (κ1) is 44.3. The number of halogens is 2. The van der Waals surface area contributed by atoms with Crippen molar-refractivity contribution in [1.82, 2.24) is 20.2 Å². The fraction of sp³-hybridized carbons (Fsp3) is 0.468. The predicted molar refractivity (Wildman–Crippen MR) is 234 cm³/mol. The maximum absolute atomic E-state index is 14.8. The molecule has 320 valence electrons. The highest BCUT2D eigenvalue weighted by Gasteiger charge is 2.28. The number of nitrogens with one attached hydrogen (secondary N) is 3. The Labute approximate surface area is 353 Å². The van der Waals surface area contributed by atoms with Crippen LogP contribution < -0.4 is 26.6 Å². The number of benzene rings is 2.